The molecule has 2 rings (SSSR count). The van der Waals surface area contributed by atoms with Gasteiger partial charge in [-0.1, -0.05) is 22.0 Å². The Morgan fingerprint density at radius 1 is 1.38 bits per heavy atom. The molecule has 0 unspecified atom stereocenters. The Hall–Kier alpha value is -0.340. The fraction of sp³-hybridized carbons (Fsp3) is 0.455. The van der Waals surface area contributed by atoms with Crippen LogP contribution in [0.25, 0.3) is 0 Å². The standard InChI is InChI=1S/C11H13BrO/c1-7-8-6-13-11(2,3)9(8)4-5-10(7)12/h4-5H,6H2,1-3H3. The van der Waals surface area contributed by atoms with Gasteiger partial charge in [0.25, 0.3) is 0 Å². The molecule has 1 aliphatic rings. The van der Waals surface area contributed by atoms with Crippen molar-refractivity contribution in [2.24, 2.45) is 0 Å². The molecule has 0 saturated carbocycles. The van der Waals surface area contributed by atoms with E-state index in [0.717, 1.165) is 6.61 Å². The van der Waals surface area contributed by atoms with E-state index in [1.807, 2.05) is 0 Å². The second-order valence-corrected chi connectivity index (χ2v) is 4.85. The molecule has 13 heavy (non-hydrogen) atoms. The van der Waals surface area contributed by atoms with Gasteiger partial charge in [0.05, 0.1) is 12.2 Å². The zero-order chi connectivity index (χ0) is 9.64. The second kappa shape index (κ2) is 2.82. The number of rotatable bonds is 0. The first-order valence-corrected chi connectivity index (χ1v) is 5.24. The van der Waals surface area contributed by atoms with Crippen LogP contribution in [0, 0.1) is 6.92 Å². The minimum Gasteiger partial charge on any atom is -0.366 e. The van der Waals surface area contributed by atoms with Gasteiger partial charge in [-0.2, -0.15) is 0 Å². The smallest absolute Gasteiger partial charge is 0.0883 e. The predicted octanol–water partition coefficient (Wildman–Crippen LogP) is 3.52. The van der Waals surface area contributed by atoms with Gasteiger partial charge in [0, 0.05) is 4.47 Å². The molecule has 0 amide bonds. The maximum Gasteiger partial charge on any atom is 0.0883 e. The van der Waals surface area contributed by atoms with Crippen molar-refractivity contribution >= 4 is 15.9 Å². The zero-order valence-electron chi connectivity index (χ0n) is 8.15. The molecule has 1 nitrogen and oxygen atoms in total. The van der Waals surface area contributed by atoms with Crippen molar-refractivity contribution in [2.45, 2.75) is 33.0 Å². The highest BCUT2D eigenvalue weighted by Crippen LogP contribution is 2.39. The van der Waals surface area contributed by atoms with Gasteiger partial charge in [-0.15, -0.1) is 0 Å². The summed E-state index contributed by atoms with van der Waals surface area (Å²) in [6.07, 6.45) is 0. The third-order valence-electron chi connectivity index (χ3n) is 2.76. The van der Waals surface area contributed by atoms with Crippen LogP contribution in [-0.4, -0.2) is 0 Å². The van der Waals surface area contributed by atoms with E-state index in [-0.39, 0.29) is 5.60 Å². The van der Waals surface area contributed by atoms with Gasteiger partial charge in [-0.25, -0.2) is 0 Å². The fourth-order valence-electron chi connectivity index (χ4n) is 1.81. The summed E-state index contributed by atoms with van der Waals surface area (Å²) in [6, 6.07) is 4.25. The summed E-state index contributed by atoms with van der Waals surface area (Å²) in [4.78, 5) is 0. The van der Waals surface area contributed by atoms with Crippen molar-refractivity contribution in [3.05, 3.63) is 33.3 Å². The van der Waals surface area contributed by atoms with E-state index < -0.39 is 0 Å². The van der Waals surface area contributed by atoms with E-state index in [1.54, 1.807) is 0 Å². The Kier molecular flexibility index (Phi) is 2.00. The van der Waals surface area contributed by atoms with Gasteiger partial charge in [0.1, 0.15) is 0 Å². The molecule has 70 valence electrons. The molecule has 0 spiro atoms. The van der Waals surface area contributed by atoms with Crippen molar-refractivity contribution in [1.29, 1.82) is 0 Å². The van der Waals surface area contributed by atoms with Crippen molar-refractivity contribution in [3.8, 4) is 0 Å². The van der Waals surface area contributed by atoms with Gasteiger partial charge in [-0.3, -0.25) is 0 Å². The number of ether oxygens (including phenoxy) is 1. The summed E-state index contributed by atoms with van der Waals surface area (Å²) in [5.41, 5.74) is 3.87. The van der Waals surface area contributed by atoms with Crippen molar-refractivity contribution < 1.29 is 4.74 Å². The van der Waals surface area contributed by atoms with E-state index in [0.29, 0.717) is 0 Å². The lowest BCUT2D eigenvalue weighted by atomic mass is 9.94. The van der Waals surface area contributed by atoms with Crippen LogP contribution in [0.3, 0.4) is 0 Å². The fourth-order valence-corrected chi connectivity index (χ4v) is 2.18. The molecule has 0 fully saturated rings. The van der Waals surface area contributed by atoms with Crippen LogP contribution < -0.4 is 0 Å². The molecule has 2 heteroatoms. The molecular weight excluding hydrogens is 228 g/mol. The van der Waals surface area contributed by atoms with Gasteiger partial charge in [0.15, 0.2) is 0 Å². The molecular formula is C11H13BrO. The summed E-state index contributed by atoms with van der Waals surface area (Å²) in [7, 11) is 0. The second-order valence-electron chi connectivity index (χ2n) is 4.00. The van der Waals surface area contributed by atoms with Crippen LogP contribution >= 0.6 is 15.9 Å². The molecule has 1 aliphatic heterocycles. The van der Waals surface area contributed by atoms with Gasteiger partial charge < -0.3 is 4.74 Å². The first-order valence-electron chi connectivity index (χ1n) is 4.45. The Bertz CT molecular complexity index is 355. The summed E-state index contributed by atoms with van der Waals surface area (Å²) >= 11 is 3.53. The Labute approximate surface area is 87.2 Å². The third kappa shape index (κ3) is 1.32. The SMILES string of the molecule is Cc1c(Br)ccc2c1COC2(C)C. The quantitative estimate of drug-likeness (QED) is 0.675. The predicted molar refractivity (Wildman–Crippen MR) is 56.7 cm³/mol. The Balaban J connectivity index is 2.64. The molecule has 0 radical (unpaired) electrons. The Morgan fingerprint density at radius 3 is 2.77 bits per heavy atom. The lowest BCUT2D eigenvalue weighted by molar-refractivity contribution is -0.00795. The molecule has 0 aromatic heterocycles. The molecule has 0 aliphatic carbocycles. The average molecular weight is 241 g/mol. The van der Waals surface area contributed by atoms with Crippen molar-refractivity contribution in [2.75, 3.05) is 0 Å². The minimum absolute atomic E-state index is 0.110. The number of benzene rings is 1. The molecule has 1 aromatic carbocycles. The molecule has 0 saturated heterocycles. The Morgan fingerprint density at radius 2 is 2.08 bits per heavy atom. The van der Waals surface area contributed by atoms with Crippen LogP contribution in [0.5, 0.6) is 0 Å². The highest BCUT2D eigenvalue weighted by molar-refractivity contribution is 9.10. The normalized spacial score (nSPS) is 18.8. The van der Waals surface area contributed by atoms with Crippen molar-refractivity contribution in [3.63, 3.8) is 0 Å². The summed E-state index contributed by atoms with van der Waals surface area (Å²) in [5, 5.41) is 0. The monoisotopic (exact) mass is 240 g/mol. The zero-order valence-corrected chi connectivity index (χ0v) is 9.73. The van der Waals surface area contributed by atoms with Crippen LogP contribution in [0.1, 0.15) is 30.5 Å². The van der Waals surface area contributed by atoms with E-state index in [4.69, 9.17) is 4.74 Å². The largest absolute Gasteiger partial charge is 0.366 e. The molecule has 1 heterocycles. The van der Waals surface area contributed by atoms with Crippen LogP contribution in [0.2, 0.25) is 0 Å². The van der Waals surface area contributed by atoms with Gasteiger partial charge >= 0.3 is 0 Å². The number of halogens is 1. The number of fused-ring (bicyclic) bond motifs is 1. The molecule has 0 atom stereocenters. The topological polar surface area (TPSA) is 9.23 Å². The summed E-state index contributed by atoms with van der Waals surface area (Å²) in [6.45, 7) is 7.11. The third-order valence-corrected chi connectivity index (χ3v) is 3.62. The minimum atomic E-state index is -0.110. The van der Waals surface area contributed by atoms with Gasteiger partial charge in [0.2, 0.25) is 0 Å². The van der Waals surface area contributed by atoms with Gasteiger partial charge in [-0.05, 0) is 43.5 Å². The lowest BCUT2D eigenvalue weighted by Crippen LogP contribution is -2.14. The summed E-state index contributed by atoms with van der Waals surface area (Å²) in [5.74, 6) is 0. The first kappa shape index (κ1) is 9.22. The molecule has 0 bridgehead atoms. The van der Waals surface area contributed by atoms with E-state index in [9.17, 15) is 0 Å². The number of hydrogen-bond acceptors (Lipinski definition) is 1. The molecule has 0 N–H and O–H groups in total. The van der Waals surface area contributed by atoms with E-state index in [1.165, 1.54) is 21.2 Å². The van der Waals surface area contributed by atoms with Crippen LogP contribution in [0.4, 0.5) is 0 Å². The maximum absolute atomic E-state index is 5.73. The van der Waals surface area contributed by atoms with E-state index >= 15 is 0 Å². The van der Waals surface area contributed by atoms with E-state index in [2.05, 4.69) is 48.8 Å². The first-order chi connectivity index (χ1) is 6.02. The number of hydrogen-bond donors (Lipinski definition) is 0. The molecule has 1 aromatic rings. The average Bonchev–Trinajstić information content (AvgIpc) is 2.35. The van der Waals surface area contributed by atoms with Crippen LogP contribution in [0.15, 0.2) is 16.6 Å². The van der Waals surface area contributed by atoms with Crippen molar-refractivity contribution in [1.82, 2.24) is 0 Å². The van der Waals surface area contributed by atoms with Crippen LogP contribution in [-0.2, 0) is 16.9 Å². The highest BCUT2D eigenvalue weighted by atomic mass is 79.9. The highest BCUT2D eigenvalue weighted by Gasteiger charge is 2.31. The maximum atomic E-state index is 5.73. The summed E-state index contributed by atoms with van der Waals surface area (Å²) < 4.78 is 6.90. The lowest BCUT2D eigenvalue weighted by Gasteiger charge is -2.18.